The van der Waals surface area contributed by atoms with Crippen LogP contribution >= 0.6 is 0 Å². The summed E-state index contributed by atoms with van der Waals surface area (Å²) in [6.07, 6.45) is 6.07. The predicted octanol–water partition coefficient (Wildman–Crippen LogP) is 2.02. The zero-order valence-corrected chi connectivity index (χ0v) is 13.1. The molecule has 2 fully saturated rings. The number of ether oxygens (including phenoxy) is 3. The van der Waals surface area contributed by atoms with Crippen molar-refractivity contribution in [2.75, 3.05) is 26.9 Å². The number of fused-ring (bicyclic) bond motifs is 2. The topological polar surface area (TPSA) is 43.8 Å². The third-order valence-electron chi connectivity index (χ3n) is 4.50. The average molecular weight is 304 g/mol. The van der Waals surface area contributed by atoms with Crippen LogP contribution in [0.5, 0.6) is 5.88 Å². The lowest BCUT2D eigenvalue weighted by Crippen LogP contribution is -2.43. The van der Waals surface area contributed by atoms with Gasteiger partial charge in [0, 0.05) is 30.9 Å². The summed E-state index contributed by atoms with van der Waals surface area (Å²) in [5.74, 6) is 0.700. The van der Waals surface area contributed by atoms with Crippen LogP contribution in [0, 0.1) is 0 Å². The quantitative estimate of drug-likeness (QED) is 0.752. The number of rotatable bonds is 6. The lowest BCUT2D eigenvalue weighted by molar-refractivity contribution is -0.0447. The molecule has 0 unspecified atom stereocenters. The van der Waals surface area contributed by atoms with Crippen LogP contribution < -0.4 is 4.74 Å². The van der Waals surface area contributed by atoms with Gasteiger partial charge < -0.3 is 14.2 Å². The van der Waals surface area contributed by atoms with Gasteiger partial charge in [0.1, 0.15) is 0 Å². The summed E-state index contributed by atoms with van der Waals surface area (Å²) in [5, 5.41) is 0. The molecule has 2 aliphatic rings. The number of hydrogen-bond donors (Lipinski definition) is 0. The third kappa shape index (κ3) is 3.16. The predicted molar refractivity (Wildman–Crippen MR) is 83.9 cm³/mol. The normalized spacial score (nSPS) is 28.3. The van der Waals surface area contributed by atoms with Gasteiger partial charge in [-0.05, 0) is 18.9 Å². The fourth-order valence-corrected chi connectivity index (χ4v) is 3.51. The second-order valence-electron chi connectivity index (χ2n) is 5.78. The molecule has 1 saturated carbocycles. The third-order valence-corrected chi connectivity index (χ3v) is 4.50. The Kier molecular flexibility index (Phi) is 5.08. The summed E-state index contributed by atoms with van der Waals surface area (Å²) in [4.78, 5) is 6.74. The second kappa shape index (κ2) is 7.22. The highest BCUT2D eigenvalue weighted by molar-refractivity contribution is 5.25. The Labute approximate surface area is 131 Å². The zero-order chi connectivity index (χ0) is 15.4. The van der Waals surface area contributed by atoms with Crippen molar-refractivity contribution in [2.24, 2.45) is 0 Å². The van der Waals surface area contributed by atoms with Crippen molar-refractivity contribution >= 4 is 0 Å². The highest BCUT2D eigenvalue weighted by atomic mass is 16.5. The Morgan fingerprint density at radius 1 is 1.50 bits per heavy atom. The van der Waals surface area contributed by atoms with Crippen LogP contribution in [0.1, 0.15) is 18.4 Å². The summed E-state index contributed by atoms with van der Waals surface area (Å²) >= 11 is 0. The Morgan fingerprint density at radius 3 is 3.23 bits per heavy atom. The molecule has 1 aromatic rings. The van der Waals surface area contributed by atoms with Crippen LogP contribution in [0.25, 0.3) is 0 Å². The van der Waals surface area contributed by atoms with E-state index in [-0.39, 0.29) is 12.2 Å². The first-order chi connectivity index (χ1) is 10.8. The van der Waals surface area contributed by atoms with Gasteiger partial charge in [-0.2, -0.15) is 0 Å². The monoisotopic (exact) mass is 304 g/mol. The van der Waals surface area contributed by atoms with E-state index in [1.807, 2.05) is 6.07 Å². The van der Waals surface area contributed by atoms with Crippen molar-refractivity contribution in [3.63, 3.8) is 0 Å². The van der Waals surface area contributed by atoms with E-state index in [0.717, 1.165) is 38.1 Å². The molecule has 1 aliphatic heterocycles. The largest absolute Gasteiger partial charge is 0.481 e. The van der Waals surface area contributed by atoms with Gasteiger partial charge in [-0.25, -0.2) is 4.98 Å². The molecule has 5 heteroatoms. The molecule has 3 rings (SSSR count). The maximum Gasteiger partial charge on any atom is 0.217 e. The average Bonchev–Trinajstić information content (AvgIpc) is 2.86. The van der Waals surface area contributed by atoms with Crippen LogP contribution in [-0.2, 0) is 16.0 Å². The molecule has 1 aromatic heterocycles. The van der Waals surface area contributed by atoms with Crippen molar-refractivity contribution in [1.82, 2.24) is 9.88 Å². The minimum Gasteiger partial charge on any atom is -0.481 e. The molecule has 1 aliphatic carbocycles. The molecule has 5 nitrogen and oxygen atoms in total. The molecule has 120 valence electrons. The van der Waals surface area contributed by atoms with Crippen molar-refractivity contribution < 1.29 is 14.2 Å². The molecule has 22 heavy (non-hydrogen) atoms. The number of nitrogens with zero attached hydrogens (tertiary/aromatic N) is 2. The van der Waals surface area contributed by atoms with Crippen molar-refractivity contribution in [3.8, 4) is 5.88 Å². The van der Waals surface area contributed by atoms with Crippen LogP contribution in [-0.4, -0.2) is 55.0 Å². The molecule has 2 heterocycles. The molecule has 0 spiro atoms. The van der Waals surface area contributed by atoms with Gasteiger partial charge in [-0.3, -0.25) is 4.90 Å². The van der Waals surface area contributed by atoms with Crippen LogP contribution in [0.15, 0.2) is 31.0 Å². The Balaban J connectivity index is 1.76. The Hall–Kier alpha value is -1.43. The second-order valence-corrected chi connectivity index (χ2v) is 5.78. The van der Waals surface area contributed by atoms with E-state index >= 15 is 0 Å². The number of methoxy groups -OCH3 is 1. The lowest BCUT2D eigenvalue weighted by Gasteiger charge is -2.31. The molecule has 2 bridgehead atoms. The van der Waals surface area contributed by atoms with Crippen molar-refractivity contribution in [1.29, 1.82) is 0 Å². The van der Waals surface area contributed by atoms with Gasteiger partial charge in [0.15, 0.2) is 0 Å². The minimum absolute atomic E-state index is 0.128. The standard InChI is InChI=1S/C17H24N2O3/c1-3-10-22-16-14-6-7-15(16)21-11-9-19(14)12-13-5-4-8-18-17(13)20-2/h3-5,8,14-16H,1,6-7,9-12H2,2H3/t14-,15-,16-/m1/s1. The molecule has 0 aromatic carbocycles. The molecule has 0 N–H and O–H groups in total. The summed E-state index contributed by atoms with van der Waals surface area (Å²) < 4.78 is 17.3. The van der Waals surface area contributed by atoms with E-state index < -0.39 is 0 Å². The van der Waals surface area contributed by atoms with Gasteiger partial charge in [0.25, 0.3) is 0 Å². The van der Waals surface area contributed by atoms with Gasteiger partial charge in [-0.1, -0.05) is 12.1 Å². The van der Waals surface area contributed by atoms with E-state index in [0.29, 0.717) is 18.5 Å². The van der Waals surface area contributed by atoms with Gasteiger partial charge in [0.2, 0.25) is 5.88 Å². The lowest BCUT2D eigenvalue weighted by atomic mass is 10.1. The van der Waals surface area contributed by atoms with Crippen LogP contribution in [0.4, 0.5) is 0 Å². The molecule has 0 radical (unpaired) electrons. The molecular weight excluding hydrogens is 280 g/mol. The minimum atomic E-state index is 0.128. The van der Waals surface area contributed by atoms with Crippen molar-refractivity contribution in [3.05, 3.63) is 36.5 Å². The van der Waals surface area contributed by atoms with E-state index in [2.05, 4.69) is 22.5 Å². The summed E-state index contributed by atoms with van der Waals surface area (Å²) in [6, 6.07) is 4.41. The summed E-state index contributed by atoms with van der Waals surface area (Å²) in [5.41, 5.74) is 1.11. The van der Waals surface area contributed by atoms with Gasteiger partial charge in [-0.15, -0.1) is 6.58 Å². The number of hydrogen-bond acceptors (Lipinski definition) is 5. The maximum absolute atomic E-state index is 5.99. The van der Waals surface area contributed by atoms with Crippen molar-refractivity contribution in [2.45, 2.75) is 37.6 Å². The SMILES string of the molecule is C=CCO[C@@H]1[C@H]2CC[C@H]1OCCN2Cc1cccnc1OC. The molecule has 3 atom stereocenters. The number of pyridine rings is 1. The first kappa shape index (κ1) is 15.5. The first-order valence-corrected chi connectivity index (χ1v) is 7.89. The molecule has 0 amide bonds. The molecular formula is C17H24N2O3. The summed E-state index contributed by atoms with van der Waals surface area (Å²) in [7, 11) is 1.67. The van der Waals surface area contributed by atoms with E-state index in [1.165, 1.54) is 0 Å². The smallest absolute Gasteiger partial charge is 0.217 e. The van der Waals surface area contributed by atoms with Crippen LogP contribution in [0.3, 0.4) is 0 Å². The fourth-order valence-electron chi connectivity index (χ4n) is 3.51. The zero-order valence-electron chi connectivity index (χ0n) is 13.1. The van der Waals surface area contributed by atoms with Crippen LogP contribution in [0.2, 0.25) is 0 Å². The van der Waals surface area contributed by atoms with E-state index in [9.17, 15) is 0 Å². The Bertz CT molecular complexity index is 508. The molecule has 1 saturated heterocycles. The van der Waals surface area contributed by atoms with E-state index in [1.54, 1.807) is 19.4 Å². The van der Waals surface area contributed by atoms with E-state index in [4.69, 9.17) is 14.2 Å². The number of aromatic nitrogens is 1. The maximum atomic E-state index is 5.99. The van der Waals surface area contributed by atoms with Gasteiger partial charge in [0.05, 0.1) is 32.5 Å². The Morgan fingerprint density at radius 2 is 2.41 bits per heavy atom. The first-order valence-electron chi connectivity index (χ1n) is 7.89. The highest BCUT2D eigenvalue weighted by Gasteiger charge is 2.42. The fraction of sp³-hybridized carbons (Fsp3) is 0.588. The highest BCUT2D eigenvalue weighted by Crippen LogP contribution is 2.33. The van der Waals surface area contributed by atoms with Gasteiger partial charge >= 0.3 is 0 Å². The summed E-state index contributed by atoms with van der Waals surface area (Å²) in [6.45, 7) is 6.79.